The van der Waals surface area contributed by atoms with Crippen molar-refractivity contribution in [3.05, 3.63) is 0 Å². The van der Waals surface area contributed by atoms with E-state index in [4.69, 9.17) is 26.7 Å². The van der Waals surface area contributed by atoms with Crippen LogP contribution in [0.15, 0.2) is 0 Å². The van der Waals surface area contributed by atoms with Gasteiger partial charge in [0.15, 0.2) is 0 Å². The maximum atomic E-state index is 8.33. The fraction of sp³-hybridized carbons (Fsp3) is 0.857. The Morgan fingerprint density at radius 2 is 0.857 bits per heavy atom. The van der Waals surface area contributed by atoms with Crippen molar-refractivity contribution in [2.45, 2.75) is 0 Å². The maximum Gasteiger partial charge on any atom is 0.0851 e. The molecule has 0 aromatic heterocycles. The Kier molecular flexibility index (Phi) is 10.1. The highest BCUT2D eigenvalue weighted by Crippen LogP contribution is 1.66. The van der Waals surface area contributed by atoms with Crippen molar-refractivity contribution in [2.75, 3.05) is 42.3 Å². The summed E-state index contributed by atoms with van der Waals surface area (Å²) in [6, 6.07) is 0. The Balaban J connectivity index is -0.000000131. The number of carbonyl (C=O) groups is 1. The number of quaternary nitrogens is 2. The summed E-state index contributed by atoms with van der Waals surface area (Å²) in [5, 5.41) is 16.7. The molecule has 0 aliphatic carbocycles. The van der Waals surface area contributed by atoms with Crippen LogP contribution in [0.4, 0.5) is 4.79 Å². The molecule has 0 aromatic carbocycles. The van der Waals surface area contributed by atoms with Gasteiger partial charge in [-0.2, -0.15) is 11.7 Å². The predicted octanol–water partition coefficient (Wildman–Crippen LogP) is -3.31. The first-order valence-electron chi connectivity index (χ1n) is 3.81. The highest BCUT2D eigenvalue weighted by Gasteiger charge is 1.90. The smallest absolute Gasteiger partial charge is 0.0851 e. The molecule has 0 aliphatic heterocycles. The normalized spacial score (nSPS) is 10.3. The van der Waals surface area contributed by atoms with Gasteiger partial charge in [0, 0.05) is 0 Å². The number of carboxylic acid groups (broad SMARTS) is 2. The second-order valence-corrected chi connectivity index (χ2v) is 4.48. The quantitative estimate of drug-likeness (QED) is 0.247. The number of rotatable bonds is 0. The van der Waals surface area contributed by atoms with Crippen LogP contribution in [0.25, 0.3) is 0 Å². The van der Waals surface area contributed by atoms with Crippen LogP contribution in [0, 0.1) is 0 Å². The highest BCUT2D eigenvalue weighted by atomic mass is 16.6. The number of hydrogen-bond acceptors (Lipinski definition) is 5. The van der Waals surface area contributed by atoms with E-state index < -0.39 is 6.16 Å². The molecule has 0 spiro atoms. The minimum Gasteiger partial charge on any atom is -0.652 e. The second-order valence-electron chi connectivity index (χ2n) is 4.48. The topological polar surface area (TPSA) is 115 Å². The SMILES string of the molecule is C[N+](C)(C)N.C[N+](C)(C)N.O=C([O-])[O-]. The van der Waals surface area contributed by atoms with Crippen LogP contribution in [0.5, 0.6) is 0 Å². The summed E-state index contributed by atoms with van der Waals surface area (Å²) >= 11 is 0. The van der Waals surface area contributed by atoms with Gasteiger partial charge in [-0.1, -0.05) is 0 Å². The van der Waals surface area contributed by atoms with Gasteiger partial charge >= 0.3 is 0 Å². The lowest BCUT2D eigenvalue weighted by Gasteiger charge is -2.13. The van der Waals surface area contributed by atoms with Crippen LogP contribution in [0.2, 0.25) is 0 Å². The molecule has 0 radical (unpaired) electrons. The van der Waals surface area contributed by atoms with E-state index >= 15 is 0 Å². The Bertz CT molecular complexity index is 120. The van der Waals surface area contributed by atoms with Gasteiger partial charge in [-0.05, 0) is 6.16 Å². The van der Waals surface area contributed by atoms with Gasteiger partial charge < -0.3 is 15.0 Å². The Hall–Kier alpha value is -0.890. The minimum atomic E-state index is -2.33. The molecule has 0 amide bonds. The zero-order valence-corrected chi connectivity index (χ0v) is 9.77. The maximum absolute atomic E-state index is 8.33. The van der Waals surface area contributed by atoms with Crippen molar-refractivity contribution >= 4 is 6.16 Å². The van der Waals surface area contributed by atoms with Gasteiger partial charge in [0.2, 0.25) is 0 Å². The summed E-state index contributed by atoms with van der Waals surface area (Å²) in [5.74, 6) is 10.6. The van der Waals surface area contributed by atoms with Gasteiger partial charge in [0.05, 0.1) is 42.3 Å². The summed E-state index contributed by atoms with van der Waals surface area (Å²) in [4.78, 5) is 8.33. The zero-order valence-electron chi connectivity index (χ0n) is 9.77. The second kappa shape index (κ2) is 7.51. The summed E-state index contributed by atoms with van der Waals surface area (Å²) < 4.78 is 1.00. The minimum absolute atomic E-state index is 0.500. The molecule has 0 rings (SSSR count). The molecule has 4 N–H and O–H groups in total. The molecular formula is C7H22N4O3. The van der Waals surface area contributed by atoms with Crippen molar-refractivity contribution in [2.24, 2.45) is 11.7 Å². The Labute approximate surface area is 85.3 Å². The third-order valence-corrected chi connectivity index (χ3v) is 0. The third kappa shape index (κ3) is 1430. The molecule has 0 aromatic rings. The van der Waals surface area contributed by atoms with Crippen molar-refractivity contribution in [1.82, 2.24) is 0 Å². The number of carbonyl (C=O) groups excluding carboxylic acids is 1. The van der Waals surface area contributed by atoms with E-state index in [0.29, 0.717) is 9.18 Å². The van der Waals surface area contributed by atoms with E-state index in [9.17, 15) is 0 Å². The molecule has 0 unspecified atom stereocenters. The molecule has 7 heteroatoms. The summed E-state index contributed by atoms with van der Waals surface area (Å²) in [7, 11) is 11.4. The number of nitrogens with two attached hydrogens (primary N) is 2. The van der Waals surface area contributed by atoms with Gasteiger partial charge in [-0.3, -0.25) is 9.18 Å². The van der Waals surface area contributed by atoms with Crippen molar-refractivity contribution in [3.8, 4) is 0 Å². The third-order valence-electron chi connectivity index (χ3n) is 0. The van der Waals surface area contributed by atoms with E-state index in [0.717, 1.165) is 0 Å². The monoisotopic (exact) mass is 210 g/mol. The van der Waals surface area contributed by atoms with Crippen LogP contribution >= 0.6 is 0 Å². The van der Waals surface area contributed by atoms with Crippen molar-refractivity contribution in [1.29, 1.82) is 0 Å². The average Bonchev–Trinajstić information content (AvgIpc) is 1.45. The van der Waals surface area contributed by atoms with E-state index in [1.54, 1.807) is 0 Å². The molecule has 0 heterocycles. The highest BCUT2D eigenvalue weighted by molar-refractivity contribution is 5.47. The molecule has 0 atom stereocenters. The predicted molar refractivity (Wildman–Crippen MR) is 49.8 cm³/mol. The van der Waals surface area contributed by atoms with Crippen molar-refractivity contribution < 1.29 is 24.2 Å². The lowest BCUT2D eigenvalue weighted by atomic mass is 10.9. The summed E-state index contributed by atoms with van der Waals surface area (Å²) in [6.45, 7) is 0. The molecular weight excluding hydrogens is 188 g/mol. The van der Waals surface area contributed by atoms with E-state index in [1.807, 2.05) is 42.3 Å². The molecule has 0 saturated carbocycles. The van der Waals surface area contributed by atoms with Crippen LogP contribution < -0.4 is 21.9 Å². The van der Waals surface area contributed by atoms with Crippen LogP contribution in [-0.2, 0) is 0 Å². The van der Waals surface area contributed by atoms with Gasteiger partial charge in [0.1, 0.15) is 0 Å². The molecule has 0 bridgehead atoms. The summed E-state index contributed by atoms with van der Waals surface area (Å²) in [6.07, 6.45) is -2.33. The molecule has 0 saturated heterocycles. The first kappa shape index (κ1) is 18.8. The fourth-order valence-electron chi connectivity index (χ4n) is 0. The van der Waals surface area contributed by atoms with Gasteiger partial charge in [-0.25, -0.2) is 0 Å². The van der Waals surface area contributed by atoms with Gasteiger partial charge in [0.25, 0.3) is 0 Å². The average molecular weight is 210 g/mol. The van der Waals surface area contributed by atoms with E-state index in [1.165, 1.54) is 0 Å². The molecule has 14 heavy (non-hydrogen) atoms. The molecule has 7 nitrogen and oxygen atoms in total. The van der Waals surface area contributed by atoms with E-state index in [2.05, 4.69) is 0 Å². The standard InChI is InChI=1S/2C3H11N2.CH2O3/c2*1-5(2,3)4;2-1(3)4/h2*4H2,1-3H3;(H2,2,3,4)/q2*+1;/p-2. The largest absolute Gasteiger partial charge is 0.652 e. The number of hydrogen-bond donors (Lipinski definition) is 2. The van der Waals surface area contributed by atoms with Crippen LogP contribution in [-0.4, -0.2) is 57.6 Å². The zero-order chi connectivity index (χ0) is 12.6. The van der Waals surface area contributed by atoms with Crippen LogP contribution in [0.1, 0.15) is 0 Å². The Morgan fingerprint density at radius 1 is 0.857 bits per heavy atom. The number of nitrogens with zero attached hydrogens (tertiary/aromatic N) is 2. The molecule has 0 fully saturated rings. The first-order chi connectivity index (χ1) is 5.73. The van der Waals surface area contributed by atoms with E-state index in [-0.39, 0.29) is 0 Å². The lowest BCUT2D eigenvalue weighted by molar-refractivity contribution is -0.882. The molecule has 0 aliphatic rings. The fourth-order valence-corrected chi connectivity index (χ4v) is 0. The molecule has 88 valence electrons. The van der Waals surface area contributed by atoms with Crippen LogP contribution in [0.3, 0.4) is 0 Å². The Morgan fingerprint density at radius 3 is 0.857 bits per heavy atom. The summed E-state index contributed by atoms with van der Waals surface area (Å²) in [5.41, 5.74) is 0. The van der Waals surface area contributed by atoms with Gasteiger partial charge in [-0.15, -0.1) is 0 Å². The lowest BCUT2D eigenvalue weighted by Crippen LogP contribution is -2.41. The van der Waals surface area contributed by atoms with Crippen molar-refractivity contribution in [3.63, 3.8) is 0 Å². The first-order valence-corrected chi connectivity index (χ1v) is 3.81.